The number of benzene rings is 1. The number of hydrogen-bond acceptors (Lipinski definition) is 3. The highest BCUT2D eigenvalue weighted by Gasteiger charge is 2.08. The van der Waals surface area contributed by atoms with Crippen molar-refractivity contribution in [3.63, 3.8) is 0 Å². The highest BCUT2D eigenvalue weighted by molar-refractivity contribution is 7.84. The van der Waals surface area contributed by atoms with Gasteiger partial charge < -0.3 is 11.1 Å². The zero-order chi connectivity index (χ0) is 14.3. The molecule has 0 saturated carbocycles. The molecule has 1 aromatic carbocycles. The Morgan fingerprint density at radius 3 is 2.63 bits per heavy atom. The van der Waals surface area contributed by atoms with Crippen LogP contribution in [0.2, 0.25) is 0 Å². The van der Waals surface area contributed by atoms with E-state index >= 15 is 0 Å². The monoisotopic (exact) mass is 282 g/mol. The summed E-state index contributed by atoms with van der Waals surface area (Å²) in [6.45, 7) is 4.20. The summed E-state index contributed by atoms with van der Waals surface area (Å²) in [7, 11) is -0.917. The third-order valence-corrected chi connectivity index (χ3v) is 4.07. The van der Waals surface area contributed by atoms with E-state index < -0.39 is 10.8 Å². The minimum Gasteiger partial charge on any atom is -0.397 e. The molecule has 5 heteroatoms. The molecule has 1 rings (SSSR count). The van der Waals surface area contributed by atoms with Gasteiger partial charge in [0.05, 0.1) is 11.4 Å². The number of para-hydroxylation sites is 2. The molecule has 0 radical (unpaired) electrons. The van der Waals surface area contributed by atoms with Crippen LogP contribution in [0, 0.1) is 5.92 Å². The quantitative estimate of drug-likeness (QED) is 0.754. The Labute approximate surface area is 117 Å². The molecule has 0 saturated heterocycles. The van der Waals surface area contributed by atoms with Crippen molar-refractivity contribution in [1.29, 1.82) is 0 Å². The van der Waals surface area contributed by atoms with Crippen molar-refractivity contribution in [3.05, 3.63) is 24.3 Å². The van der Waals surface area contributed by atoms with Gasteiger partial charge in [-0.1, -0.05) is 26.0 Å². The molecule has 1 unspecified atom stereocenters. The van der Waals surface area contributed by atoms with Gasteiger partial charge >= 0.3 is 0 Å². The van der Waals surface area contributed by atoms with Crippen LogP contribution in [0.25, 0.3) is 0 Å². The van der Waals surface area contributed by atoms with Gasteiger partial charge in [-0.25, -0.2) is 0 Å². The first-order valence-corrected chi connectivity index (χ1v) is 7.97. The van der Waals surface area contributed by atoms with Gasteiger partial charge in [-0.05, 0) is 24.5 Å². The zero-order valence-electron chi connectivity index (χ0n) is 11.5. The van der Waals surface area contributed by atoms with Crippen molar-refractivity contribution in [3.8, 4) is 0 Å². The molecule has 1 aromatic rings. The average Bonchev–Trinajstić information content (AvgIpc) is 2.36. The largest absolute Gasteiger partial charge is 0.397 e. The second-order valence-electron chi connectivity index (χ2n) is 4.92. The van der Waals surface area contributed by atoms with Crippen LogP contribution >= 0.6 is 0 Å². The van der Waals surface area contributed by atoms with Gasteiger partial charge in [-0.2, -0.15) is 0 Å². The molecule has 1 atom stereocenters. The lowest BCUT2D eigenvalue weighted by Crippen LogP contribution is -2.17. The second-order valence-corrected chi connectivity index (χ2v) is 6.61. The third-order valence-electron chi connectivity index (χ3n) is 2.71. The van der Waals surface area contributed by atoms with Crippen molar-refractivity contribution in [2.75, 3.05) is 22.6 Å². The molecule has 4 nitrogen and oxygen atoms in total. The Balaban J connectivity index is 2.32. The number of anilines is 2. The minimum atomic E-state index is -0.917. The first-order chi connectivity index (χ1) is 8.99. The van der Waals surface area contributed by atoms with Crippen LogP contribution in [-0.4, -0.2) is 21.6 Å². The van der Waals surface area contributed by atoms with Gasteiger partial charge in [0.2, 0.25) is 5.91 Å². The number of amides is 1. The zero-order valence-corrected chi connectivity index (χ0v) is 12.3. The fourth-order valence-corrected chi connectivity index (χ4v) is 2.85. The SMILES string of the molecule is CC(C)CCS(=O)CCC(=O)Nc1ccccc1N. The maximum absolute atomic E-state index is 11.7. The van der Waals surface area contributed by atoms with Crippen LogP contribution < -0.4 is 11.1 Å². The summed E-state index contributed by atoms with van der Waals surface area (Å²) in [6, 6.07) is 7.11. The third kappa shape index (κ3) is 6.38. The molecule has 0 aliphatic heterocycles. The summed E-state index contributed by atoms with van der Waals surface area (Å²) in [5, 5.41) is 2.73. The van der Waals surface area contributed by atoms with Gasteiger partial charge in [0, 0.05) is 28.7 Å². The smallest absolute Gasteiger partial charge is 0.225 e. The molecule has 19 heavy (non-hydrogen) atoms. The number of rotatable bonds is 7. The Hall–Kier alpha value is -1.36. The highest BCUT2D eigenvalue weighted by Crippen LogP contribution is 2.16. The maximum atomic E-state index is 11.7. The summed E-state index contributed by atoms with van der Waals surface area (Å²) in [5.74, 6) is 1.47. The predicted molar refractivity (Wildman–Crippen MR) is 81.4 cm³/mol. The number of carbonyl (C=O) groups excluding carboxylic acids is 1. The Kier molecular flexibility index (Phi) is 6.56. The average molecular weight is 282 g/mol. The minimum absolute atomic E-state index is 0.143. The number of nitrogen functional groups attached to an aromatic ring is 1. The summed E-state index contributed by atoms with van der Waals surface area (Å²) in [6.07, 6.45) is 1.19. The van der Waals surface area contributed by atoms with E-state index in [1.807, 2.05) is 12.1 Å². The van der Waals surface area contributed by atoms with Crippen molar-refractivity contribution >= 4 is 28.1 Å². The van der Waals surface area contributed by atoms with Crippen molar-refractivity contribution in [2.24, 2.45) is 5.92 Å². The number of nitrogens with one attached hydrogen (secondary N) is 1. The molecule has 0 heterocycles. The summed E-state index contributed by atoms with van der Waals surface area (Å²) < 4.78 is 11.7. The Morgan fingerprint density at radius 2 is 2.00 bits per heavy atom. The van der Waals surface area contributed by atoms with Crippen LogP contribution in [0.4, 0.5) is 11.4 Å². The van der Waals surface area contributed by atoms with E-state index in [4.69, 9.17) is 5.73 Å². The lowest BCUT2D eigenvalue weighted by molar-refractivity contribution is -0.115. The number of carbonyl (C=O) groups is 1. The maximum Gasteiger partial charge on any atom is 0.225 e. The van der Waals surface area contributed by atoms with E-state index in [1.54, 1.807) is 12.1 Å². The first-order valence-electron chi connectivity index (χ1n) is 6.48. The van der Waals surface area contributed by atoms with Crippen molar-refractivity contribution < 1.29 is 9.00 Å². The molecule has 0 fully saturated rings. The van der Waals surface area contributed by atoms with Crippen LogP contribution in [0.1, 0.15) is 26.7 Å². The van der Waals surface area contributed by atoms with E-state index in [0.29, 0.717) is 28.8 Å². The highest BCUT2D eigenvalue weighted by atomic mass is 32.2. The van der Waals surface area contributed by atoms with Gasteiger partial charge in [-0.3, -0.25) is 9.00 Å². The van der Waals surface area contributed by atoms with Crippen LogP contribution in [0.5, 0.6) is 0 Å². The Bertz CT molecular complexity index is 447. The fraction of sp³-hybridized carbons (Fsp3) is 0.500. The first kappa shape index (κ1) is 15.7. The predicted octanol–water partition coefficient (Wildman–Crippen LogP) is 2.39. The molecular formula is C14H22N2O2S. The second kappa shape index (κ2) is 7.94. The summed E-state index contributed by atoms with van der Waals surface area (Å²) in [4.78, 5) is 11.7. The lowest BCUT2D eigenvalue weighted by Gasteiger charge is -2.08. The number of nitrogens with two attached hydrogens (primary N) is 1. The van der Waals surface area contributed by atoms with E-state index in [9.17, 15) is 9.00 Å². The molecule has 106 valence electrons. The van der Waals surface area contributed by atoms with Crippen LogP contribution in [0.15, 0.2) is 24.3 Å². The molecular weight excluding hydrogens is 260 g/mol. The van der Waals surface area contributed by atoms with E-state index in [0.717, 1.165) is 6.42 Å². The normalized spacial score (nSPS) is 12.4. The number of hydrogen-bond donors (Lipinski definition) is 2. The van der Waals surface area contributed by atoms with E-state index in [1.165, 1.54) is 0 Å². The molecule has 0 aromatic heterocycles. The van der Waals surface area contributed by atoms with Gasteiger partial charge in [0.1, 0.15) is 0 Å². The summed E-state index contributed by atoms with van der Waals surface area (Å²) in [5.41, 5.74) is 6.88. The van der Waals surface area contributed by atoms with Crippen LogP contribution in [0.3, 0.4) is 0 Å². The standard InChI is InChI=1S/C14H22N2O2S/c1-11(2)7-9-19(18)10-8-14(17)16-13-6-4-3-5-12(13)15/h3-6,11H,7-10,15H2,1-2H3,(H,16,17). The van der Waals surface area contributed by atoms with Gasteiger partial charge in [-0.15, -0.1) is 0 Å². The molecule has 3 N–H and O–H groups in total. The lowest BCUT2D eigenvalue weighted by atomic mass is 10.2. The van der Waals surface area contributed by atoms with E-state index in [2.05, 4.69) is 19.2 Å². The van der Waals surface area contributed by atoms with Crippen molar-refractivity contribution in [2.45, 2.75) is 26.7 Å². The van der Waals surface area contributed by atoms with Crippen LogP contribution in [-0.2, 0) is 15.6 Å². The van der Waals surface area contributed by atoms with E-state index in [-0.39, 0.29) is 12.3 Å². The molecule has 0 spiro atoms. The molecule has 1 amide bonds. The van der Waals surface area contributed by atoms with Crippen molar-refractivity contribution in [1.82, 2.24) is 0 Å². The molecule has 0 aliphatic carbocycles. The van der Waals surface area contributed by atoms with Gasteiger partial charge in [0.25, 0.3) is 0 Å². The van der Waals surface area contributed by atoms with Gasteiger partial charge in [0.15, 0.2) is 0 Å². The summed E-state index contributed by atoms with van der Waals surface area (Å²) >= 11 is 0. The molecule has 0 bridgehead atoms. The topological polar surface area (TPSA) is 72.2 Å². The molecule has 0 aliphatic rings. The Morgan fingerprint density at radius 1 is 1.32 bits per heavy atom. The fourth-order valence-electron chi connectivity index (χ4n) is 1.50.